The first-order valence-corrected chi connectivity index (χ1v) is 48.3. The summed E-state index contributed by atoms with van der Waals surface area (Å²) in [6.45, 7) is 17.3. The van der Waals surface area contributed by atoms with Crippen LogP contribution >= 0.6 is 11.3 Å². The van der Waals surface area contributed by atoms with E-state index >= 15 is 0 Å². The Labute approximate surface area is 777 Å². The van der Waals surface area contributed by atoms with Gasteiger partial charge in [-0.1, -0.05) is 32.0 Å². The monoisotopic (exact) mass is 1840 g/mol. The molecular formula is C101H119F5N18O8S. The highest BCUT2D eigenvalue weighted by atomic mass is 32.1. The zero-order valence-electron chi connectivity index (χ0n) is 76.2. The minimum absolute atomic E-state index is 0.0866. The van der Waals surface area contributed by atoms with Crippen LogP contribution in [0.1, 0.15) is 184 Å². The fraction of sp³-hybridized carbons (Fsp3) is 0.505. The average molecular weight is 1840 g/mol. The number of hydrogen-bond acceptors (Lipinski definition) is 27. The molecule has 32 heteroatoms. The molecule has 0 spiro atoms. The van der Waals surface area contributed by atoms with Crippen molar-refractivity contribution in [3.63, 3.8) is 0 Å². The number of rotatable bonds is 36. The molecule has 8 atom stereocenters. The van der Waals surface area contributed by atoms with Crippen LogP contribution in [0.2, 0.25) is 0 Å². The van der Waals surface area contributed by atoms with Gasteiger partial charge < -0.3 is 56.5 Å². The molecule has 4 saturated heterocycles. The Bertz CT molecular complexity index is 5540. The van der Waals surface area contributed by atoms with Crippen molar-refractivity contribution < 1.29 is 58.9 Å². The maximum atomic E-state index is 14.4. The van der Waals surface area contributed by atoms with Crippen molar-refractivity contribution in [3.8, 4) is 23.0 Å². The number of oxazole rings is 2. The van der Waals surface area contributed by atoms with Crippen molar-refractivity contribution in [1.82, 2.24) is 70.2 Å². The largest absolute Gasteiger partial charge is 0.493 e. The van der Waals surface area contributed by atoms with Gasteiger partial charge in [0.2, 0.25) is 36.1 Å². The Morgan fingerprint density at radius 2 is 0.737 bits per heavy atom. The highest BCUT2D eigenvalue weighted by molar-refractivity contribution is 7.09. The van der Waals surface area contributed by atoms with Gasteiger partial charge in [0.05, 0.1) is 64.7 Å². The lowest BCUT2D eigenvalue weighted by Gasteiger charge is -2.32. The van der Waals surface area contributed by atoms with Crippen molar-refractivity contribution >= 4 is 35.1 Å². The van der Waals surface area contributed by atoms with Crippen molar-refractivity contribution in [2.24, 2.45) is 71.0 Å². The predicted octanol–water partition coefficient (Wildman–Crippen LogP) is 19.0. The normalized spacial score (nSPS) is 20.7. The molecule has 12 heterocycles. The lowest BCUT2D eigenvalue weighted by molar-refractivity contribution is 0.184. The summed E-state index contributed by atoms with van der Waals surface area (Å²) in [6.07, 6.45) is 44.0. The van der Waals surface area contributed by atoms with Crippen molar-refractivity contribution in [2.45, 2.75) is 169 Å². The van der Waals surface area contributed by atoms with E-state index in [-0.39, 0.29) is 41.1 Å². The minimum atomic E-state index is -0.669. The molecule has 0 bridgehead atoms. The van der Waals surface area contributed by atoms with E-state index in [4.69, 9.17) is 36.9 Å². The van der Waals surface area contributed by atoms with Crippen LogP contribution < -0.4 is 38.5 Å². The van der Waals surface area contributed by atoms with Crippen LogP contribution in [0, 0.1) is 107 Å². The fourth-order valence-corrected chi connectivity index (χ4v) is 20.4. The molecule has 702 valence electrons. The number of nitrogens with zero attached hydrogens (tertiary/aromatic N) is 18. The molecular weight excluding hydrogens is 1720 g/mol. The minimum Gasteiger partial charge on any atom is -0.493 e. The summed E-state index contributed by atoms with van der Waals surface area (Å²) in [5, 5.41) is 15.8. The third kappa shape index (κ3) is 26.0. The second-order valence-corrected chi connectivity index (χ2v) is 37.6. The highest BCUT2D eigenvalue weighted by Gasteiger charge is 2.47. The fourth-order valence-electron chi connectivity index (χ4n) is 19.8. The lowest BCUT2D eigenvalue weighted by Crippen LogP contribution is -2.35. The van der Waals surface area contributed by atoms with E-state index in [1.54, 1.807) is 43.2 Å². The van der Waals surface area contributed by atoms with Gasteiger partial charge in [-0.15, -0.1) is 31.7 Å². The molecule has 4 saturated carbocycles. The Kier molecular flexibility index (Phi) is 31.8. The van der Waals surface area contributed by atoms with E-state index in [9.17, 15) is 22.0 Å². The van der Waals surface area contributed by atoms with Crippen LogP contribution in [-0.4, -0.2) is 156 Å². The first-order chi connectivity index (χ1) is 65.1. The molecule has 0 amide bonds. The number of hydrogen-bond donors (Lipinski definition) is 0. The molecule has 8 aromatic heterocycles. The smallest absolute Gasteiger partial charge is 0.225 e. The van der Waals surface area contributed by atoms with E-state index in [2.05, 4.69) is 104 Å². The number of ether oxygens (including phenoxy) is 5. The zero-order chi connectivity index (χ0) is 91.4. The number of benzene rings is 4. The number of aryl methyl sites for hydroxylation is 3. The van der Waals surface area contributed by atoms with E-state index in [0.717, 1.165) is 221 Å². The molecule has 8 fully saturated rings. The molecule has 4 aromatic carbocycles. The first kappa shape index (κ1) is 93.2. The third-order valence-electron chi connectivity index (χ3n) is 27.9. The van der Waals surface area contributed by atoms with E-state index in [1.165, 1.54) is 124 Å². The van der Waals surface area contributed by atoms with Crippen molar-refractivity contribution in [2.75, 3.05) is 105 Å². The average Bonchev–Trinajstić information content (AvgIpc) is 1.66. The summed E-state index contributed by atoms with van der Waals surface area (Å²) in [4.78, 5) is 53.3. The Hall–Kier alpha value is -11.7. The van der Waals surface area contributed by atoms with Crippen molar-refractivity contribution in [3.05, 3.63) is 249 Å². The van der Waals surface area contributed by atoms with Gasteiger partial charge >= 0.3 is 0 Å². The molecule has 20 rings (SSSR count). The standard InChI is InChI=1S/C26H31FN4O2.C25H29F2N5O2.C25H30FN5O2S.C25H29FN4O2/c1-2-18-16-29-26(30-17-18)31-9-5-19(6-10-31)23-13-20(23)7-11-32-22-4-3-21(24(27)15-22)14-25-28-8-12-33-25;1-2-16-13-28-25(29-14-16)32-6-3-17(4-7-32)20-9-18(20)5-8-33-19-10-22(26)21(23(27)11-19)12-24-31-30-15-34-24;1-32-15-17-13-27-25(28-14-17)31-7-4-18(5-8-31)22-10-19(22)6-9-33-21-3-2-20(23(26)12-21)11-24-30-29-16-34-24;1-17-15-28-25(29-16-17)30-8-4-18(5-9-30)22-12-19(22)6-10-31-21-3-2-20(23(26)14-21)13-24-27-7-11-32-24/h3-4,8,12,15-17,19-20,23H,2,5-7,9-11,13-14H2,1H3;10-11,13-15,17-18,20H,2-9,12H2,1H3;2-3,12-14,16,18-19,22H,4-11,15H2,1H3;2-3,7,11,14-16,18-19,22H,4-6,8-10,12-13H2,1H3/t20-,23-;18-,20-;2*19-,22-/m1111/s1. The van der Waals surface area contributed by atoms with Gasteiger partial charge in [-0.25, -0.2) is 71.8 Å². The number of methoxy groups -OCH3 is 1. The summed E-state index contributed by atoms with van der Waals surface area (Å²) in [6, 6.07) is 17.7. The summed E-state index contributed by atoms with van der Waals surface area (Å²) in [5.74, 6) is 13.4. The molecule has 4 aliphatic carbocycles. The van der Waals surface area contributed by atoms with Crippen LogP contribution in [0.25, 0.3) is 0 Å². The van der Waals surface area contributed by atoms with Crippen LogP contribution in [0.5, 0.6) is 23.0 Å². The van der Waals surface area contributed by atoms with Crippen LogP contribution in [0.3, 0.4) is 0 Å². The summed E-state index contributed by atoms with van der Waals surface area (Å²) < 4.78 is 116. The predicted molar refractivity (Wildman–Crippen MR) is 493 cm³/mol. The molecule has 26 nitrogen and oxygen atoms in total. The SMILES string of the molecule is CCc1cnc(N2CCC([C@H]3C[C@H]3CCOc3cc(F)c(Cc4nnco4)c(F)c3)CC2)nc1.CCc1cnc(N2CCC([C@H]3C[C@H]3CCOc3ccc(Cc4ncco4)c(F)c3)CC2)nc1.COCc1cnc(N2CCC([C@H]3C[C@H]3CCOc3ccc(Cc4nncs4)c(F)c3)CC2)nc1.Cc1cnc(N2CCC([C@H]3C[C@H]3CCOc3ccc(Cc4ncco4)c(F)c3)CC2)nc1. The number of anilines is 4. The number of aromatic nitrogens is 14. The van der Waals surface area contributed by atoms with Gasteiger partial charge in [0, 0.05) is 157 Å². The van der Waals surface area contributed by atoms with E-state index in [0.29, 0.717) is 104 Å². The third-order valence-corrected chi connectivity index (χ3v) is 28.6. The summed E-state index contributed by atoms with van der Waals surface area (Å²) in [7, 11) is 1.68. The quantitative estimate of drug-likeness (QED) is 0.0330. The van der Waals surface area contributed by atoms with Gasteiger partial charge in [-0.2, -0.15) is 0 Å². The first-order valence-electron chi connectivity index (χ1n) is 47.5. The van der Waals surface area contributed by atoms with Crippen molar-refractivity contribution in [1.29, 1.82) is 0 Å². The second-order valence-electron chi connectivity index (χ2n) is 36.7. The van der Waals surface area contributed by atoms with E-state index < -0.39 is 11.6 Å². The van der Waals surface area contributed by atoms with Gasteiger partial charge in [0.25, 0.3) is 0 Å². The second kappa shape index (κ2) is 45.4. The maximum absolute atomic E-state index is 14.4. The molecule has 4 aliphatic heterocycles. The van der Waals surface area contributed by atoms with Gasteiger partial charge in [-0.3, -0.25) is 0 Å². The zero-order valence-corrected chi connectivity index (χ0v) is 77.0. The molecule has 133 heavy (non-hydrogen) atoms. The summed E-state index contributed by atoms with van der Waals surface area (Å²) in [5.41, 5.74) is 7.73. The van der Waals surface area contributed by atoms with Gasteiger partial charge in [0.1, 0.15) is 75.1 Å². The number of piperidine rings is 4. The topological polar surface area (TPSA) is 279 Å². The van der Waals surface area contributed by atoms with Crippen LogP contribution in [0.15, 0.2) is 166 Å². The highest BCUT2D eigenvalue weighted by Crippen LogP contribution is 2.54. The maximum Gasteiger partial charge on any atom is 0.225 e. The Balaban J connectivity index is 0.000000124. The van der Waals surface area contributed by atoms with Gasteiger partial charge in [0.15, 0.2) is 11.8 Å². The van der Waals surface area contributed by atoms with Crippen LogP contribution in [-0.2, 0) is 49.9 Å². The summed E-state index contributed by atoms with van der Waals surface area (Å²) >= 11 is 1.43. The Morgan fingerprint density at radius 1 is 0.383 bits per heavy atom. The molecule has 0 N–H and O–H groups in total. The van der Waals surface area contributed by atoms with Gasteiger partial charge in [-0.05, 0) is 245 Å². The lowest BCUT2D eigenvalue weighted by atomic mass is 9.90. The number of halogens is 5. The molecule has 8 aliphatic rings. The van der Waals surface area contributed by atoms with E-state index in [1.807, 2.05) is 74.7 Å². The Morgan fingerprint density at radius 3 is 1.06 bits per heavy atom. The molecule has 0 radical (unpaired) electrons. The van der Waals surface area contributed by atoms with Crippen LogP contribution in [0.4, 0.5) is 45.7 Å². The molecule has 0 unspecified atom stereocenters. The molecule has 12 aromatic rings.